The standard InChI is InChI=1S/C15H22FNO3/c1-4-12(5-2)17(8-9-20-3)15(19)13-7-6-11(16)10-14(13)18/h6-7,10,12,18H,4-5,8-9H2,1-3H3. The minimum atomic E-state index is -0.565. The summed E-state index contributed by atoms with van der Waals surface area (Å²) >= 11 is 0. The Kier molecular flexibility index (Phi) is 6.45. The number of nitrogens with zero attached hydrogens (tertiary/aromatic N) is 1. The predicted octanol–water partition coefficient (Wildman–Crippen LogP) is 2.81. The van der Waals surface area contributed by atoms with Crippen LogP contribution in [-0.2, 0) is 4.74 Å². The molecule has 0 saturated heterocycles. The van der Waals surface area contributed by atoms with Crippen molar-refractivity contribution in [2.75, 3.05) is 20.3 Å². The Balaban J connectivity index is 3.02. The number of methoxy groups -OCH3 is 1. The fourth-order valence-corrected chi connectivity index (χ4v) is 2.21. The Labute approximate surface area is 119 Å². The van der Waals surface area contributed by atoms with Crippen LogP contribution in [0.4, 0.5) is 4.39 Å². The number of halogens is 1. The molecule has 0 saturated carbocycles. The van der Waals surface area contributed by atoms with Gasteiger partial charge in [0.1, 0.15) is 11.6 Å². The van der Waals surface area contributed by atoms with Crippen molar-refractivity contribution in [2.45, 2.75) is 32.7 Å². The van der Waals surface area contributed by atoms with E-state index in [1.165, 1.54) is 12.1 Å². The second kappa shape index (κ2) is 7.85. The minimum Gasteiger partial charge on any atom is -0.507 e. The minimum absolute atomic E-state index is 0.0714. The summed E-state index contributed by atoms with van der Waals surface area (Å²) in [5.74, 6) is -1.19. The summed E-state index contributed by atoms with van der Waals surface area (Å²) < 4.78 is 18.0. The quantitative estimate of drug-likeness (QED) is 0.837. The number of ether oxygens (including phenoxy) is 1. The summed E-state index contributed by atoms with van der Waals surface area (Å²) in [6, 6.07) is 3.51. The van der Waals surface area contributed by atoms with Gasteiger partial charge >= 0.3 is 0 Å². The number of hydrogen-bond donors (Lipinski definition) is 1. The number of phenols is 1. The topological polar surface area (TPSA) is 49.8 Å². The van der Waals surface area contributed by atoms with Gasteiger partial charge in [-0.1, -0.05) is 13.8 Å². The van der Waals surface area contributed by atoms with Gasteiger partial charge in [0.25, 0.3) is 5.91 Å². The van der Waals surface area contributed by atoms with Crippen molar-refractivity contribution in [3.8, 4) is 5.75 Å². The first-order valence-corrected chi connectivity index (χ1v) is 6.83. The molecule has 20 heavy (non-hydrogen) atoms. The molecular weight excluding hydrogens is 261 g/mol. The summed E-state index contributed by atoms with van der Waals surface area (Å²) in [5.41, 5.74) is 0.120. The normalized spacial score (nSPS) is 10.8. The van der Waals surface area contributed by atoms with E-state index in [-0.39, 0.29) is 23.3 Å². The molecule has 1 N–H and O–H groups in total. The number of hydrogen-bond acceptors (Lipinski definition) is 3. The van der Waals surface area contributed by atoms with Crippen molar-refractivity contribution in [3.05, 3.63) is 29.6 Å². The lowest BCUT2D eigenvalue weighted by atomic mass is 10.1. The number of carbonyl (C=O) groups excluding carboxylic acids is 1. The predicted molar refractivity (Wildman–Crippen MR) is 75.3 cm³/mol. The Hall–Kier alpha value is -1.62. The van der Waals surface area contributed by atoms with Gasteiger partial charge in [0.2, 0.25) is 0 Å². The van der Waals surface area contributed by atoms with Gasteiger partial charge < -0.3 is 14.7 Å². The zero-order chi connectivity index (χ0) is 15.1. The summed E-state index contributed by atoms with van der Waals surface area (Å²) in [6.07, 6.45) is 1.63. The van der Waals surface area contributed by atoms with Crippen molar-refractivity contribution in [1.29, 1.82) is 0 Å². The molecule has 0 bridgehead atoms. The van der Waals surface area contributed by atoms with Crippen molar-refractivity contribution in [2.24, 2.45) is 0 Å². The van der Waals surface area contributed by atoms with Crippen molar-refractivity contribution in [3.63, 3.8) is 0 Å². The summed E-state index contributed by atoms with van der Waals surface area (Å²) in [5, 5.41) is 9.74. The van der Waals surface area contributed by atoms with Crippen molar-refractivity contribution in [1.82, 2.24) is 4.90 Å². The van der Waals surface area contributed by atoms with E-state index < -0.39 is 5.82 Å². The number of phenolic OH excluding ortho intramolecular Hbond substituents is 1. The van der Waals surface area contributed by atoms with Crippen LogP contribution in [0.3, 0.4) is 0 Å². The molecule has 0 aliphatic carbocycles. The monoisotopic (exact) mass is 283 g/mol. The zero-order valence-electron chi connectivity index (χ0n) is 12.2. The molecule has 0 aliphatic heterocycles. The lowest BCUT2D eigenvalue weighted by Crippen LogP contribution is -2.41. The van der Waals surface area contributed by atoms with Crippen LogP contribution < -0.4 is 0 Å². The molecule has 4 nitrogen and oxygen atoms in total. The molecule has 0 unspecified atom stereocenters. The molecule has 0 atom stereocenters. The highest BCUT2D eigenvalue weighted by atomic mass is 19.1. The SMILES string of the molecule is CCC(CC)N(CCOC)C(=O)c1ccc(F)cc1O. The van der Waals surface area contributed by atoms with E-state index in [1.807, 2.05) is 13.8 Å². The third-order valence-electron chi connectivity index (χ3n) is 3.37. The average Bonchev–Trinajstić information content (AvgIpc) is 2.43. The molecular formula is C15H22FNO3. The summed E-state index contributed by atoms with van der Waals surface area (Å²) in [6.45, 7) is 4.88. The molecule has 0 heterocycles. The van der Waals surface area contributed by atoms with E-state index in [9.17, 15) is 14.3 Å². The first-order valence-electron chi connectivity index (χ1n) is 6.83. The molecule has 5 heteroatoms. The van der Waals surface area contributed by atoms with Gasteiger partial charge in [-0.25, -0.2) is 4.39 Å². The maximum atomic E-state index is 13.0. The molecule has 0 spiro atoms. The first kappa shape index (κ1) is 16.4. The molecule has 112 valence electrons. The van der Waals surface area contributed by atoms with Crippen LogP contribution in [-0.4, -0.2) is 42.2 Å². The third-order valence-corrected chi connectivity index (χ3v) is 3.37. The van der Waals surface area contributed by atoms with Crippen molar-refractivity contribution >= 4 is 5.91 Å². The Morgan fingerprint density at radius 2 is 2.05 bits per heavy atom. The van der Waals surface area contributed by atoms with Crippen LogP contribution in [0.5, 0.6) is 5.75 Å². The second-order valence-corrected chi connectivity index (χ2v) is 4.62. The van der Waals surface area contributed by atoms with Gasteiger partial charge in [0, 0.05) is 25.8 Å². The molecule has 1 aromatic carbocycles. The van der Waals surface area contributed by atoms with Crippen molar-refractivity contribution < 1.29 is 19.0 Å². The second-order valence-electron chi connectivity index (χ2n) is 4.62. The lowest BCUT2D eigenvalue weighted by Gasteiger charge is -2.30. The molecule has 1 rings (SSSR count). The smallest absolute Gasteiger partial charge is 0.257 e. The summed E-state index contributed by atoms with van der Waals surface area (Å²) in [7, 11) is 1.57. The highest BCUT2D eigenvalue weighted by Gasteiger charge is 2.24. The van der Waals surface area contributed by atoms with Gasteiger partial charge in [-0.15, -0.1) is 0 Å². The number of amides is 1. The molecule has 0 radical (unpaired) electrons. The van der Waals surface area contributed by atoms with Crippen LogP contribution in [0, 0.1) is 5.82 Å². The zero-order valence-corrected chi connectivity index (χ0v) is 12.2. The van der Waals surface area contributed by atoms with E-state index in [1.54, 1.807) is 12.0 Å². The number of carbonyl (C=O) groups is 1. The van der Waals surface area contributed by atoms with Gasteiger partial charge in [-0.3, -0.25) is 4.79 Å². The molecule has 1 aromatic rings. The van der Waals surface area contributed by atoms with Crippen LogP contribution in [0.2, 0.25) is 0 Å². The Morgan fingerprint density at radius 3 is 2.55 bits per heavy atom. The third kappa shape index (κ3) is 3.93. The molecule has 0 aliphatic rings. The van der Waals surface area contributed by atoms with E-state index >= 15 is 0 Å². The molecule has 0 aromatic heterocycles. The van der Waals surface area contributed by atoms with Gasteiger partial charge in [0.05, 0.1) is 12.2 Å². The number of aromatic hydroxyl groups is 1. The average molecular weight is 283 g/mol. The largest absolute Gasteiger partial charge is 0.507 e. The number of rotatable bonds is 7. The molecule has 1 amide bonds. The van der Waals surface area contributed by atoms with E-state index in [0.29, 0.717) is 13.2 Å². The van der Waals surface area contributed by atoms with Crippen LogP contribution in [0.15, 0.2) is 18.2 Å². The van der Waals surface area contributed by atoms with Crippen LogP contribution >= 0.6 is 0 Å². The summed E-state index contributed by atoms with van der Waals surface area (Å²) in [4.78, 5) is 14.2. The Morgan fingerprint density at radius 1 is 1.40 bits per heavy atom. The first-order chi connectivity index (χ1) is 9.54. The maximum absolute atomic E-state index is 13.0. The van der Waals surface area contributed by atoms with Crippen LogP contribution in [0.25, 0.3) is 0 Å². The van der Waals surface area contributed by atoms with Crippen LogP contribution in [0.1, 0.15) is 37.0 Å². The Bertz CT molecular complexity index is 447. The fraction of sp³-hybridized carbons (Fsp3) is 0.533. The van der Waals surface area contributed by atoms with E-state index in [2.05, 4.69) is 0 Å². The van der Waals surface area contributed by atoms with Gasteiger partial charge in [0.15, 0.2) is 0 Å². The molecule has 0 fully saturated rings. The van der Waals surface area contributed by atoms with E-state index in [0.717, 1.165) is 18.9 Å². The highest BCUT2D eigenvalue weighted by Crippen LogP contribution is 2.22. The lowest BCUT2D eigenvalue weighted by molar-refractivity contribution is 0.0586. The highest BCUT2D eigenvalue weighted by molar-refractivity contribution is 5.97. The maximum Gasteiger partial charge on any atom is 0.257 e. The van der Waals surface area contributed by atoms with Gasteiger partial charge in [-0.2, -0.15) is 0 Å². The van der Waals surface area contributed by atoms with Gasteiger partial charge in [-0.05, 0) is 25.0 Å². The number of benzene rings is 1. The fourth-order valence-electron chi connectivity index (χ4n) is 2.21. The van der Waals surface area contributed by atoms with E-state index in [4.69, 9.17) is 4.74 Å².